The van der Waals surface area contributed by atoms with Crippen molar-refractivity contribution < 1.29 is 9.59 Å². The summed E-state index contributed by atoms with van der Waals surface area (Å²) >= 11 is 0. The zero-order chi connectivity index (χ0) is 15.1. The Kier molecular flexibility index (Phi) is 5.78. The molecular weight excluding hydrogens is 264 g/mol. The molecule has 0 atom stereocenters. The number of nitrogens with one attached hydrogen (secondary N) is 1. The number of urea groups is 1. The molecular formula is C17H24N2O2. The van der Waals surface area contributed by atoms with E-state index in [4.69, 9.17) is 0 Å². The summed E-state index contributed by atoms with van der Waals surface area (Å²) in [6.07, 6.45) is 3.60. The highest BCUT2D eigenvalue weighted by Crippen LogP contribution is 2.21. The van der Waals surface area contributed by atoms with E-state index < -0.39 is 0 Å². The van der Waals surface area contributed by atoms with Gasteiger partial charge in [0.1, 0.15) is 0 Å². The minimum atomic E-state index is 0.00839. The summed E-state index contributed by atoms with van der Waals surface area (Å²) in [6.45, 7) is 4.17. The Balaban J connectivity index is 1.80. The van der Waals surface area contributed by atoms with Gasteiger partial charge in [-0.2, -0.15) is 0 Å². The largest absolute Gasteiger partial charge is 0.338 e. The molecule has 4 heteroatoms. The number of unbranched alkanes of at least 4 members (excludes halogenated alkanes) is 1. The maximum absolute atomic E-state index is 12.4. The lowest BCUT2D eigenvalue weighted by Gasteiger charge is -2.31. The van der Waals surface area contributed by atoms with Crippen LogP contribution in [0.3, 0.4) is 0 Å². The zero-order valence-electron chi connectivity index (χ0n) is 12.7. The van der Waals surface area contributed by atoms with E-state index in [0.717, 1.165) is 37.8 Å². The molecule has 1 saturated heterocycles. The number of Topliss-reactive ketones (excluding diaryl/α,β-unsaturated/α-hetero) is 1. The Morgan fingerprint density at radius 3 is 2.48 bits per heavy atom. The third kappa shape index (κ3) is 4.31. The molecule has 4 nitrogen and oxygen atoms in total. The average molecular weight is 288 g/mol. The smallest absolute Gasteiger partial charge is 0.317 e. The summed E-state index contributed by atoms with van der Waals surface area (Å²) in [5, 5.41) is 2.93. The number of benzene rings is 1. The van der Waals surface area contributed by atoms with Crippen LogP contribution in [0.25, 0.3) is 0 Å². The van der Waals surface area contributed by atoms with E-state index in [1.807, 2.05) is 35.2 Å². The fourth-order valence-corrected chi connectivity index (χ4v) is 2.67. The van der Waals surface area contributed by atoms with Crippen molar-refractivity contribution in [3.8, 4) is 0 Å². The van der Waals surface area contributed by atoms with E-state index in [1.54, 1.807) is 0 Å². The van der Waals surface area contributed by atoms with Crippen molar-refractivity contribution in [2.75, 3.05) is 19.6 Å². The summed E-state index contributed by atoms with van der Waals surface area (Å²) in [6, 6.07) is 9.44. The maximum atomic E-state index is 12.4. The molecule has 1 fully saturated rings. The molecule has 1 aliphatic heterocycles. The van der Waals surface area contributed by atoms with Crippen molar-refractivity contribution >= 4 is 11.8 Å². The Hall–Kier alpha value is -1.84. The van der Waals surface area contributed by atoms with Gasteiger partial charge in [-0.1, -0.05) is 43.7 Å². The van der Waals surface area contributed by atoms with Crippen molar-refractivity contribution in [2.24, 2.45) is 5.92 Å². The SMILES string of the molecule is CCCCNC(=O)N1CCC(C(=O)c2ccccc2)CC1. The van der Waals surface area contributed by atoms with E-state index in [0.29, 0.717) is 13.1 Å². The summed E-state index contributed by atoms with van der Waals surface area (Å²) in [5.74, 6) is 0.258. The summed E-state index contributed by atoms with van der Waals surface area (Å²) in [7, 11) is 0. The fraction of sp³-hybridized carbons (Fsp3) is 0.529. The molecule has 1 aliphatic rings. The highest BCUT2D eigenvalue weighted by molar-refractivity contribution is 5.97. The van der Waals surface area contributed by atoms with Crippen molar-refractivity contribution in [3.05, 3.63) is 35.9 Å². The van der Waals surface area contributed by atoms with Gasteiger partial charge >= 0.3 is 6.03 Å². The molecule has 0 aromatic heterocycles. The normalized spacial score (nSPS) is 15.8. The topological polar surface area (TPSA) is 49.4 Å². The van der Waals surface area contributed by atoms with Gasteiger partial charge in [-0.25, -0.2) is 4.79 Å². The van der Waals surface area contributed by atoms with Crippen molar-refractivity contribution in [1.29, 1.82) is 0 Å². The van der Waals surface area contributed by atoms with Crippen LogP contribution in [0, 0.1) is 5.92 Å². The van der Waals surface area contributed by atoms with Gasteiger partial charge in [0, 0.05) is 31.1 Å². The predicted molar refractivity (Wildman–Crippen MR) is 83.4 cm³/mol. The van der Waals surface area contributed by atoms with Gasteiger partial charge in [0.05, 0.1) is 0 Å². The lowest BCUT2D eigenvalue weighted by Crippen LogP contribution is -2.45. The van der Waals surface area contributed by atoms with Crippen LogP contribution < -0.4 is 5.32 Å². The molecule has 2 amide bonds. The highest BCUT2D eigenvalue weighted by Gasteiger charge is 2.27. The summed E-state index contributed by atoms with van der Waals surface area (Å²) in [4.78, 5) is 26.1. The van der Waals surface area contributed by atoms with Crippen LogP contribution in [0.5, 0.6) is 0 Å². The van der Waals surface area contributed by atoms with Crippen molar-refractivity contribution in [1.82, 2.24) is 10.2 Å². The van der Waals surface area contributed by atoms with Crippen LogP contribution in [0.15, 0.2) is 30.3 Å². The van der Waals surface area contributed by atoms with Crippen LogP contribution in [-0.2, 0) is 0 Å². The van der Waals surface area contributed by atoms with E-state index in [9.17, 15) is 9.59 Å². The number of hydrogen-bond donors (Lipinski definition) is 1. The van der Waals surface area contributed by atoms with Crippen LogP contribution in [0.4, 0.5) is 4.79 Å². The number of carbonyl (C=O) groups excluding carboxylic acids is 2. The van der Waals surface area contributed by atoms with Crippen LogP contribution >= 0.6 is 0 Å². The van der Waals surface area contributed by atoms with E-state index >= 15 is 0 Å². The molecule has 0 radical (unpaired) electrons. The number of ketones is 1. The summed E-state index contributed by atoms with van der Waals surface area (Å²) < 4.78 is 0. The number of hydrogen-bond acceptors (Lipinski definition) is 2. The first-order valence-corrected chi connectivity index (χ1v) is 7.84. The molecule has 0 unspecified atom stereocenters. The van der Waals surface area contributed by atoms with E-state index in [2.05, 4.69) is 12.2 Å². The van der Waals surface area contributed by atoms with Crippen LogP contribution in [0.1, 0.15) is 43.0 Å². The predicted octanol–water partition coefficient (Wildman–Crippen LogP) is 3.09. The molecule has 21 heavy (non-hydrogen) atoms. The van der Waals surface area contributed by atoms with Gasteiger partial charge < -0.3 is 10.2 Å². The number of likely N-dealkylation sites (tertiary alicyclic amines) is 1. The second-order valence-corrected chi connectivity index (χ2v) is 5.58. The number of piperidine rings is 1. The van der Waals surface area contributed by atoms with Gasteiger partial charge in [0.15, 0.2) is 5.78 Å². The number of carbonyl (C=O) groups is 2. The Morgan fingerprint density at radius 1 is 1.19 bits per heavy atom. The van der Waals surface area contributed by atoms with Crippen LogP contribution in [-0.4, -0.2) is 36.3 Å². The van der Waals surface area contributed by atoms with Crippen LogP contribution in [0.2, 0.25) is 0 Å². The monoisotopic (exact) mass is 288 g/mol. The first kappa shape index (κ1) is 15.5. The Labute approximate surface area is 126 Å². The molecule has 0 aliphatic carbocycles. The van der Waals surface area contributed by atoms with Crippen molar-refractivity contribution in [2.45, 2.75) is 32.6 Å². The minimum Gasteiger partial charge on any atom is -0.338 e. The first-order chi connectivity index (χ1) is 10.2. The third-order valence-electron chi connectivity index (χ3n) is 4.02. The third-order valence-corrected chi connectivity index (χ3v) is 4.02. The molecule has 1 aromatic rings. The van der Waals surface area contributed by atoms with Gasteiger partial charge in [0.2, 0.25) is 0 Å². The highest BCUT2D eigenvalue weighted by atomic mass is 16.2. The molecule has 2 rings (SSSR count). The molecule has 1 heterocycles. The molecule has 0 saturated carbocycles. The zero-order valence-corrected chi connectivity index (χ0v) is 12.7. The van der Waals surface area contributed by atoms with Gasteiger partial charge in [-0.3, -0.25) is 4.79 Å². The number of rotatable bonds is 5. The Bertz CT molecular complexity index is 465. The molecule has 114 valence electrons. The molecule has 0 bridgehead atoms. The molecule has 0 spiro atoms. The van der Waals surface area contributed by atoms with Gasteiger partial charge in [0.25, 0.3) is 0 Å². The second-order valence-electron chi connectivity index (χ2n) is 5.58. The lowest BCUT2D eigenvalue weighted by atomic mass is 9.89. The first-order valence-electron chi connectivity index (χ1n) is 7.84. The maximum Gasteiger partial charge on any atom is 0.317 e. The van der Waals surface area contributed by atoms with E-state index in [1.165, 1.54) is 0 Å². The fourth-order valence-electron chi connectivity index (χ4n) is 2.67. The number of amides is 2. The Morgan fingerprint density at radius 2 is 1.86 bits per heavy atom. The quantitative estimate of drug-likeness (QED) is 0.668. The minimum absolute atomic E-state index is 0.00839. The van der Waals surface area contributed by atoms with E-state index in [-0.39, 0.29) is 17.7 Å². The average Bonchev–Trinajstić information content (AvgIpc) is 2.55. The lowest BCUT2D eigenvalue weighted by molar-refractivity contribution is 0.0854. The standard InChI is InChI=1S/C17H24N2O2/c1-2-3-11-18-17(21)19-12-9-15(10-13-19)16(20)14-7-5-4-6-8-14/h4-8,15H,2-3,9-13H2,1H3,(H,18,21). The van der Waals surface area contributed by atoms with Gasteiger partial charge in [-0.15, -0.1) is 0 Å². The summed E-state index contributed by atoms with van der Waals surface area (Å²) in [5.41, 5.74) is 0.781. The second kappa shape index (κ2) is 7.81. The number of nitrogens with zero attached hydrogens (tertiary/aromatic N) is 1. The molecule has 1 N–H and O–H groups in total. The molecule has 1 aromatic carbocycles. The van der Waals surface area contributed by atoms with Crippen molar-refractivity contribution in [3.63, 3.8) is 0 Å². The van der Waals surface area contributed by atoms with Gasteiger partial charge in [-0.05, 0) is 19.3 Å².